The van der Waals surface area contributed by atoms with Crippen LogP contribution in [0.15, 0.2) is 77.7 Å². The van der Waals surface area contributed by atoms with Gasteiger partial charge in [-0.15, -0.1) is 0 Å². The normalized spacial score (nSPS) is 11.2. The number of rotatable bonds is 8. The van der Waals surface area contributed by atoms with E-state index in [1.54, 1.807) is 18.2 Å². The standard InChI is InChI=1S/C23H23ClN2O4S/c1-16(2)30-19-11-8-17(9-12-19)15-25-23(27)21-14-18(10-13-22(21)24)26-31(28,29)20-6-4-3-5-7-20/h3-14,16,26H,15H2,1-2H3,(H,25,27). The van der Waals surface area contributed by atoms with Crippen LogP contribution in [0.4, 0.5) is 5.69 Å². The van der Waals surface area contributed by atoms with E-state index in [2.05, 4.69) is 10.0 Å². The fraction of sp³-hybridized carbons (Fsp3) is 0.174. The van der Waals surface area contributed by atoms with Gasteiger partial charge in [-0.05, 0) is 61.9 Å². The Morgan fingerprint density at radius 1 is 1.00 bits per heavy atom. The van der Waals surface area contributed by atoms with Crippen LogP contribution >= 0.6 is 11.6 Å². The zero-order valence-electron chi connectivity index (χ0n) is 17.1. The van der Waals surface area contributed by atoms with E-state index in [0.717, 1.165) is 11.3 Å². The van der Waals surface area contributed by atoms with Crippen LogP contribution in [0.5, 0.6) is 5.75 Å². The molecule has 0 radical (unpaired) electrons. The van der Waals surface area contributed by atoms with Crippen molar-refractivity contribution in [3.63, 3.8) is 0 Å². The predicted octanol–water partition coefficient (Wildman–Crippen LogP) is 4.86. The van der Waals surface area contributed by atoms with Crippen molar-refractivity contribution in [2.75, 3.05) is 4.72 Å². The molecular formula is C23H23ClN2O4S. The van der Waals surface area contributed by atoms with Crippen LogP contribution < -0.4 is 14.8 Å². The molecule has 0 aliphatic carbocycles. The summed E-state index contributed by atoms with van der Waals surface area (Å²) in [5, 5.41) is 3.02. The van der Waals surface area contributed by atoms with Gasteiger partial charge in [0.15, 0.2) is 0 Å². The molecule has 0 saturated heterocycles. The zero-order valence-corrected chi connectivity index (χ0v) is 18.7. The van der Waals surface area contributed by atoms with Gasteiger partial charge in [0, 0.05) is 12.2 Å². The predicted molar refractivity (Wildman–Crippen MR) is 122 cm³/mol. The largest absolute Gasteiger partial charge is 0.491 e. The van der Waals surface area contributed by atoms with Crippen LogP contribution in [-0.2, 0) is 16.6 Å². The van der Waals surface area contributed by atoms with Crippen molar-refractivity contribution < 1.29 is 17.9 Å². The molecule has 0 heterocycles. The molecule has 6 nitrogen and oxygen atoms in total. The molecule has 31 heavy (non-hydrogen) atoms. The molecule has 3 aromatic rings. The number of benzene rings is 3. The highest BCUT2D eigenvalue weighted by Crippen LogP contribution is 2.23. The van der Waals surface area contributed by atoms with Crippen LogP contribution in [0.3, 0.4) is 0 Å². The number of carbonyl (C=O) groups excluding carboxylic acids is 1. The van der Waals surface area contributed by atoms with Gasteiger partial charge in [-0.1, -0.05) is 41.9 Å². The van der Waals surface area contributed by atoms with E-state index in [9.17, 15) is 13.2 Å². The molecule has 0 aliphatic heterocycles. The van der Waals surface area contributed by atoms with Crippen LogP contribution in [0, 0.1) is 0 Å². The lowest BCUT2D eigenvalue weighted by Gasteiger charge is -2.12. The topological polar surface area (TPSA) is 84.5 Å². The Morgan fingerprint density at radius 2 is 1.68 bits per heavy atom. The second kappa shape index (κ2) is 9.85. The van der Waals surface area contributed by atoms with E-state index in [0.29, 0.717) is 0 Å². The highest BCUT2D eigenvalue weighted by atomic mass is 35.5. The van der Waals surface area contributed by atoms with Gasteiger partial charge in [-0.2, -0.15) is 0 Å². The Kier molecular flexibility index (Phi) is 7.20. The summed E-state index contributed by atoms with van der Waals surface area (Å²) in [4.78, 5) is 12.8. The van der Waals surface area contributed by atoms with Crippen molar-refractivity contribution in [3.8, 4) is 5.75 Å². The molecule has 0 unspecified atom stereocenters. The quantitative estimate of drug-likeness (QED) is 0.505. The summed E-state index contributed by atoms with van der Waals surface area (Å²) in [7, 11) is -3.77. The van der Waals surface area contributed by atoms with Gasteiger partial charge >= 0.3 is 0 Å². The minimum atomic E-state index is -3.77. The van der Waals surface area contributed by atoms with Crippen LogP contribution in [-0.4, -0.2) is 20.4 Å². The number of hydrogen-bond acceptors (Lipinski definition) is 4. The van der Waals surface area contributed by atoms with Gasteiger partial charge in [0.05, 0.1) is 21.6 Å². The fourth-order valence-electron chi connectivity index (χ4n) is 2.81. The SMILES string of the molecule is CC(C)Oc1ccc(CNC(=O)c2cc(NS(=O)(=O)c3ccccc3)ccc2Cl)cc1. The minimum absolute atomic E-state index is 0.0827. The van der Waals surface area contributed by atoms with E-state index >= 15 is 0 Å². The van der Waals surface area contributed by atoms with E-state index < -0.39 is 15.9 Å². The molecule has 162 valence electrons. The Morgan fingerprint density at radius 3 is 2.32 bits per heavy atom. The van der Waals surface area contributed by atoms with E-state index in [1.807, 2.05) is 38.1 Å². The second-order valence-corrected chi connectivity index (χ2v) is 9.20. The lowest BCUT2D eigenvalue weighted by Crippen LogP contribution is -2.23. The van der Waals surface area contributed by atoms with Gasteiger partial charge in [0.25, 0.3) is 15.9 Å². The van der Waals surface area contributed by atoms with Crippen molar-refractivity contribution in [1.82, 2.24) is 5.32 Å². The maximum atomic E-state index is 12.6. The maximum absolute atomic E-state index is 12.6. The van der Waals surface area contributed by atoms with Crippen molar-refractivity contribution in [1.29, 1.82) is 0 Å². The third-order valence-corrected chi connectivity index (χ3v) is 5.99. The van der Waals surface area contributed by atoms with Gasteiger partial charge in [-0.25, -0.2) is 8.42 Å². The maximum Gasteiger partial charge on any atom is 0.261 e. The molecule has 8 heteroatoms. The first-order valence-corrected chi connectivity index (χ1v) is 11.5. The summed E-state index contributed by atoms with van der Waals surface area (Å²) in [5.74, 6) is 0.347. The summed E-state index contributed by atoms with van der Waals surface area (Å²) < 4.78 is 33.1. The second-order valence-electron chi connectivity index (χ2n) is 7.11. The number of carbonyl (C=O) groups is 1. The molecule has 0 bridgehead atoms. The third-order valence-electron chi connectivity index (χ3n) is 4.26. The average Bonchev–Trinajstić information content (AvgIpc) is 2.74. The van der Waals surface area contributed by atoms with Crippen molar-refractivity contribution >= 4 is 33.2 Å². The summed E-state index contributed by atoms with van der Waals surface area (Å²) >= 11 is 6.18. The highest BCUT2D eigenvalue weighted by molar-refractivity contribution is 7.92. The summed E-state index contributed by atoms with van der Waals surface area (Å²) in [6, 6.07) is 19.8. The van der Waals surface area contributed by atoms with Crippen molar-refractivity contribution in [2.24, 2.45) is 0 Å². The summed E-state index contributed by atoms with van der Waals surface area (Å²) in [5.41, 5.74) is 1.31. The van der Waals surface area contributed by atoms with Crippen molar-refractivity contribution in [3.05, 3.63) is 88.9 Å². The molecule has 0 atom stereocenters. The number of amides is 1. The first-order valence-electron chi connectivity index (χ1n) is 9.66. The zero-order chi connectivity index (χ0) is 22.4. The third kappa shape index (κ3) is 6.23. The molecule has 2 N–H and O–H groups in total. The summed E-state index contributed by atoms with van der Waals surface area (Å²) in [6.45, 7) is 4.19. The molecule has 0 aliphatic rings. The van der Waals surface area contributed by atoms with Gasteiger partial charge in [0.1, 0.15) is 5.75 Å². The molecule has 1 amide bonds. The Balaban J connectivity index is 1.69. The van der Waals surface area contributed by atoms with Crippen molar-refractivity contribution in [2.45, 2.75) is 31.4 Å². The average molecular weight is 459 g/mol. The molecule has 0 spiro atoms. The fourth-order valence-corrected chi connectivity index (χ4v) is 4.09. The highest BCUT2D eigenvalue weighted by Gasteiger charge is 2.16. The molecule has 3 aromatic carbocycles. The van der Waals surface area contributed by atoms with Crippen LogP contribution in [0.1, 0.15) is 29.8 Å². The first-order chi connectivity index (χ1) is 14.7. The molecule has 3 rings (SSSR count). The lowest BCUT2D eigenvalue weighted by atomic mass is 10.1. The smallest absolute Gasteiger partial charge is 0.261 e. The Bertz CT molecular complexity index is 1150. The first kappa shape index (κ1) is 22.7. The van der Waals surface area contributed by atoms with Crippen LogP contribution in [0.25, 0.3) is 0 Å². The van der Waals surface area contributed by atoms with E-state index in [4.69, 9.17) is 16.3 Å². The molecular weight excluding hydrogens is 436 g/mol. The van der Waals surface area contributed by atoms with Gasteiger partial charge in [0.2, 0.25) is 0 Å². The minimum Gasteiger partial charge on any atom is -0.491 e. The number of ether oxygens (including phenoxy) is 1. The Labute approximate surface area is 187 Å². The molecule has 0 aromatic heterocycles. The lowest BCUT2D eigenvalue weighted by molar-refractivity contribution is 0.0951. The number of nitrogens with one attached hydrogen (secondary N) is 2. The van der Waals surface area contributed by atoms with Gasteiger partial charge in [-0.3, -0.25) is 9.52 Å². The molecule has 0 saturated carbocycles. The number of sulfonamides is 1. The van der Waals surface area contributed by atoms with Gasteiger partial charge < -0.3 is 10.1 Å². The number of hydrogen-bond donors (Lipinski definition) is 2. The van der Waals surface area contributed by atoms with E-state index in [1.165, 1.54) is 30.3 Å². The van der Waals surface area contributed by atoms with Crippen LogP contribution in [0.2, 0.25) is 5.02 Å². The Hall–Kier alpha value is -3.03. The monoisotopic (exact) mass is 458 g/mol. The number of anilines is 1. The number of halogens is 1. The molecule has 0 fully saturated rings. The van der Waals surface area contributed by atoms with E-state index in [-0.39, 0.29) is 33.8 Å². The summed E-state index contributed by atoms with van der Waals surface area (Å²) in [6.07, 6.45) is 0.0827.